The van der Waals surface area contributed by atoms with Gasteiger partial charge in [-0.1, -0.05) is 34.8 Å². The van der Waals surface area contributed by atoms with E-state index in [-0.39, 0.29) is 25.2 Å². The molecule has 0 saturated heterocycles. The number of nitrogens with one attached hydrogen (secondary N) is 2. The monoisotopic (exact) mass is 626 g/mol. The van der Waals surface area contributed by atoms with E-state index in [1.165, 1.54) is 0 Å². The van der Waals surface area contributed by atoms with Crippen LogP contribution < -0.4 is 15.4 Å². The Morgan fingerprint density at radius 2 is 1.62 bits per heavy atom. The molecule has 3 aromatic carbocycles. The van der Waals surface area contributed by atoms with Gasteiger partial charge in [-0.25, -0.2) is 0 Å². The lowest BCUT2D eigenvalue weighted by atomic mass is 10.2. The maximum absolute atomic E-state index is 12.2. The number of hydrogen-bond donors (Lipinski definition) is 2. The normalized spacial score (nSPS) is 10.5. The Bertz CT molecular complexity index is 1300. The fraction of sp³-hybridized carbons (Fsp3) is 0.192. The molecule has 0 aliphatic rings. The summed E-state index contributed by atoms with van der Waals surface area (Å²) in [6.45, 7) is 1.33. The lowest BCUT2D eigenvalue weighted by Crippen LogP contribution is -2.21. The van der Waals surface area contributed by atoms with Crippen molar-refractivity contribution in [1.82, 2.24) is 0 Å². The predicted octanol–water partition coefficient (Wildman–Crippen LogP) is 7.80. The molecule has 37 heavy (non-hydrogen) atoms. The van der Waals surface area contributed by atoms with Gasteiger partial charge in [0.15, 0.2) is 6.61 Å². The second kappa shape index (κ2) is 13.7. The minimum atomic E-state index is -0.573. The van der Waals surface area contributed by atoms with Crippen LogP contribution in [0.5, 0.6) is 11.5 Å². The van der Waals surface area contributed by atoms with Crippen molar-refractivity contribution in [2.75, 3.05) is 17.2 Å². The van der Waals surface area contributed by atoms with E-state index in [1.54, 1.807) is 61.5 Å². The third-order valence-electron chi connectivity index (χ3n) is 5.02. The van der Waals surface area contributed by atoms with E-state index < -0.39 is 18.5 Å². The van der Waals surface area contributed by atoms with Crippen LogP contribution in [0.15, 0.2) is 59.1 Å². The molecule has 7 nitrogen and oxygen atoms in total. The number of amides is 2. The molecule has 0 bridgehead atoms. The largest absolute Gasteiger partial charge is 0.456 e. The van der Waals surface area contributed by atoms with Crippen LogP contribution in [-0.4, -0.2) is 24.4 Å². The van der Waals surface area contributed by atoms with Crippen LogP contribution in [0.2, 0.25) is 15.1 Å². The van der Waals surface area contributed by atoms with E-state index in [2.05, 4.69) is 26.6 Å². The average molecular weight is 629 g/mol. The highest BCUT2D eigenvalue weighted by atomic mass is 79.9. The van der Waals surface area contributed by atoms with Crippen molar-refractivity contribution in [3.05, 3.63) is 79.7 Å². The molecular weight excluding hydrogens is 607 g/mol. The summed E-state index contributed by atoms with van der Waals surface area (Å²) in [7, 11) is 0. The molecule has 0 aliphatic heterocycles. The van der Waals surface area contributed by atoms with Gasteiger partial charge in [-0.05, 0) is 89.4 Å². The number of hydrogen-bond acceptors (Lipinski definition) is 5. The molecule has 0 spiro atoms. The first-order valence-corrected chi connectivity index (χ1v) is 13.0. The van der Waals surface area contributed by atoms with Gasteiger partial charge in [0.2, 0.25) is 5.91 Å². The average Bonchev–Trinajstić information content (AvgIpc) is 2.86. The van der Waals surface area contributed by atoms with Gasteiger partial charge in [0.05, 0.1) is 10.0 Å². The molecule has 11 heteroatoms. The molecule has 0 heterocycles. The summed E-state index contributed by atoms with van der Waals surface area (Å²) in [5.41, 5.74) is 1.79. The van der Waals surface area contributed by atoms with Crippen LogP contribution >= 0.6 is 50.7 Å². The van der Waals surface area contributed by atoms with Gasteiger partial charge in [0, 0.05) is 33.7 Å². The summed E-state index contributed by atoms with van der Waals surface area (Å²) in [5.74, 6) is -0.329. The van der Waals surface area contributed by atoms with Gasteiger partial charge in [0.25, 0.3) is 5.91 Å². The number of carbonyl (C=O) groups excluding carboxylic acids is 3. The SMILES string of the molecule is Cc1c(NC(=O)COC(=O)CCCC(=O)Nc2ccc(Oc3ccc(Cl)cc3Cl)cc2)ccc(Br)c1Cl. The second-order valence-electron chi connectivity index (χ2n) is 7.85. The van der Waals surface area contributed by atoms with Gasteiger partial charge in [-0.15, -0.1) is 0 Å². The predicted molar refractivity (Wildman–Crippen MR) is 149 cm³/mol. The van der Waals surface area contributed by atoms with Gasteiger partial charge in [0.1, 0.15) is 11.5 Å². The van der Waals surface area contributed by atoms with Gasteiger partial charge in [-0.2, -0.15) is 0 Å². The standard InChI is InChI=1S/C26H22BrCl3N2O5/c1-15-21(11-10-19(27)26(15)30)32-24(34)14-36-25(35)4-2-3-23(33)31-17-6-8-18(9-7-17)37-22-12-5-16(28)13-20(22)29/h5-13H,2-4,14H2,1H3,(H,31,33)(H,32,34). The molecule has 0 fully saturated rings. The quantitative estimate of drug-likeness (QED) is 0.224. The fourth-order valence-corrected chi connectivity index (χ4v) is 4.14. The minimum absolute atomic E-state index is 0.00152. The number of esters is 1. The maximum Gasteiger partial charge on any atom is 0.306 e. The maximum atomic E-state index is 12.2. The van der Waals surface area contributed by atoms with Crippen molar-refractivity contribution in [1.29, 1.82) is 0 Å². The Hall–Kier alpha value is -2.78. The Morgan fingerprint density at radius 1 is 0.892 bits per heavy atom. The molecule has 3 aromatic rings. The van der Waals surface area contributed by atoms with Crippen molar-refractivity contribution in [2.24, 2.45) is 0 Å². The Balaban J connectivity index is 1.36. The molecule has 3 rings (SSSR count). The summed E-state index contributed by atoms with van der Waals surface area (Å²) in [5, 5.41) is 6.78. The number of halogens is 4. The van der Waals surface area contributed by atoms with E-state index >= 15 is 0 Å². The first kappa shape index (κ1) is 28.8. The van der Waals surface area contributed by atoms with E-state index in [0.29, 0.717) is 48.0 Å². The number of benzene rings is 3. The third-order valence-corrected chi connectivity index (χ3v) is 6.93. The topological polar surface area (TPSA) is 93.7 Å². The van der Waals surface area contributed by atoms with Gasteiger partial charge >= 0.3 is 5.97 Å². The Morgan fingerprint density at radius 3 is 2.32 bits per heavy atom. The zero-order valence-corrected chi connectivity index (χ0v) is 23.4. The van der Waals surface area contributed by atoms with Crippen molar-refractivity contribution in [3.63, 3.8) is 0 Å². The van der Waals surface area contributed by atoms with Crippen molar-refractivity contribution in [2.45, 2.75) is 26.2 Å². The molecule has 2 N–H and O–H groups in total. The summed E-state index contributed by atoms with van der Waals surface area (Å²) < 4.78 is 11.4. The number of rotatable bonds is 10. The highest BCUT2D eigenvalue weighted by Crippen LogP contribution is 2.32. The van der Waals surface area contributed by atoms with Crippen LogP contribution in [0, 0.1) is 6.92 Å². The zero-order valence-electron chi connectivity index (χ0n) is 19.6. The highest BCUT2D eigenvalue weighted by molar-refractivity contribution is 9.10. The van der Waals surface area contributed by atoms with Gasteiger partial charge in [-0.3, -0.25) is 14.4 Å². The second-order valence-corrected chi connectivity index (χ2v) is 9.92. The fourth-order valence-electron chi connectivity index (χ4n) is 3.10. The van der Waals surface area contributed by atoms with Crippen molar-refractivity contribution < 1.29 is 23.9 Å². The summed E-state index contributed by atoms with van der Waals surface area (Å²) in [6, 6.07) is 15.1. The minimum Gasteiger partial charge on any atom is -0.456 e. The van der Waals surface area contributed by atoms with Gasteiger partial charge < -0.3 is 20.1 Å². The van der Waals surface area contributed by atoms with E-state index in [9.17, 15) is 14.4 Å². The lowest BCUT2D eigenvalue weighted by Gasteiger charge is -2.11. The Labute approximate surface area is 237 Å². The number of ether oxygens (including phenoxy) is 2. The first-order valence-electron chi connectivity index (χ1n) is 11.1. The summed E-state index contributed by atoms with van der Waals surface area (Å²) in [4.78, 5) is 36.2. The highest BCUT2D eigenvalue weighted by Gasteiger charge is 2.13. The van der Waals surface area contributed by atoms with E-state index in [4.69, 9.17) is 44.3 Å². The van der Waals surface area contributed by atoms with E-state index in [1.807, 2.05) is 0 Å². The Kier molecular flexibility index (Phi) is 10.6. The van der Waals surface area contributed by atoms with Crippen LogP contribution in [0.4, 0.5) is 11.4 Å². The number of carbonyl (C=O) groups is 3. The summed E-state index contributed by atoms with van der Waals surface area (Å²) >= 11 is 21.4. The summed E-state index contributed by atoms with van der Waals surface area (Å²) in [6.07, 6.45) is 0.374. The first-order chi connectivity index (χ1) is 17.6. The zero-order chi connectivity index (χ0) is 26.9. The van der Waals surface area contributed by atoms with Crippen molar-refractivity contribution in [3.8, 4) is 11.5 Å². The molecule has 0 atom stereocenters. The smallest absolute Gasteiger partial charge is 0.306 e. The van der Waals surface area contributed by atoms with Crippen LogP contribution in [-0.2, 0) is 19.1 Å². The lowest BCUT2D eigenvalue weighted by molar-refractivity contribution is -0.147. The molecule has 2 amide bonds. The van der Waals surface area contributed by atoms with E-state index in [0.717, 1.165) is 0 Å². The molecule has 0 unspecified atom stereocenters. The molecular formula is C26H22BrCl3N2O5. The van der Waals surface area contributed by atoms with Crippen molar-refractivity contribution >= 4 is 79.9 Å². The number of anilines is 2. The molecule has 0 radical (unpaired) electrons. The molecule has 0 aliphatic carbocycles. The van der Waals surface area contributed by atoms with Crippen LogP contribution in [0.3, 0.4) is 0 Å². The molecule has 0 aromatic heterocycles. The third kappa shape index (κ3) is 8.93. The van der Waals surface area contributed by atoms with Crippen LogP contribution in [0.25, 0.3) is 0 Å². The van der Waals surface area contributed by atoms with Crippen LogP contribution in [0.1, 0.15) is 24.8 Å². The molecule has 194 valence electrons. The molecule has 0 saturated carbocycles.